The lowest BCUT2D eigenvalue weighted by Crippen LogP contribution is -2.03. The van der Waals surface area contributed by atoms with Crippen molar-refractivity contribution in [3.8, 4) is 5.75 Å². The fourth-order valence-electron chi connectivity index (χ4n) is 1.91. The van der Waals surface area contributed by atoms with E-state index in [9.17, 15) is 0 Å². The molecule has 102 valence electrons. The minimum Gasteiger partial charge on any atom is -0.483 e. The van der Waals surface area contributed by atoms with Crippen molar-refractivity contribution in [3.05, 3.63) is 48.2 Å². The molecule has 0 amide bonds. The Balaban J connectivity index is 1.76. The predicted molar refractivity (Wildman–Crippen MR) is 73.1 cm³/mol. The van der Waals surface area contributed by atoms with Crippen LogP contribution in [0.25, 0.3) is 10.9 Å². The number of hydrogen-bond acceptors (Lipinski definition) is 6. The average Bonchev–Trinajstić information content (AvgIpc) is 2.93. The minimum absolute atomic E-state index is 0.240. The van der Waals surface area contributed by atoms with Crippen LogP contribution in [-0.4, -0.2) is 21.7 Å². The first-order valence-corrected chi connectivity index (χ1v) is 6.35. The zero-order valence-electron chi connectivity index (χ0n) is 10.8. The number of benzene rings is 1. The molecule has 0 radical (unpaired) electrons. The van der Waals surface area contributed by atoms with Gasteiger partial charge >= 0.3 is 0 Å². The Kier molecular flexibility index (Phi) is 3.56. The fourth-order valence-corrected chi connectivity index (χ4v) is 1.91. The molecule has 0 aliphatic carbocycles. The number of hydrogen-bond donors (Lipinski definition) is 1. The second-order valence-electron chi connectivity index (χ2n) is 4.26. The molecule has 3 aromatic rings. The van der Waals surface area contributed by atoms with E-state index in [0.29, 0.717) is 30.4 Å². The Hall–Kier alpha value is -2.47. The van der Waals surface area contributed by atoms with E-state index in [-0.39, 0.29) is 6.61 Å². The third-order valence-corrected chi connectivity index (χ3v) is 2.82. The fraction of sp³-hybridized carbons (Fsp3) is 0.214. The zero-order chi connectivity index (χ0) is 13.8. The monoisotopic (exact) mass is 270 g/mol. The van der Waals surface area contributed by atoms with Crippen molar-refractivity contribution in [2.75, 3.05) is 6.54 Å². The average molecular weight is 270 g/mol. The number of ether oxygens (including phenoxy) is 1. The van der Waals surface area contributed by atoms with Gasteiger partial charge in [0.15, 0.2) is 6.61 Å². The first-order valence-electron chi connectivity index (χ1n) is 6.35. The van der Waals surface area contributed by atoms with Gasteiger partial charge in [-0.05, 0) is 12.1 Å². The minimum atomic E-state index is 0.240. The van der Waals surface area contributed by atoms with E-state index >= 15 is 0 Å². The standard InChI is InChI=1S/C14H14N4O2/c15-7-6-13-17-12(18-20-13)9-19-11-5-1-3-10-4-2-8-16-14(10)11/h1-5,8H,6-7,9,15H2. The van der Waals surface area contributed by atoms with Gasteiger partial charge in [0.25, 0.3) is 0 Å². The van der Waals surface area contributed by atoms with Crippen LogP contribution in [0.15, 0.2) is 41.1 Å². The Labute approximate surface area is 115 Å². The molecule has 0 aliphatic rings. The first kappa shape index (κ1) is 12.6. The van der Waals surface area contributed by atoms with Crippen LogP contribution >= 0.6 is 0 Å². The number of rotatable bonds is 5. The quantitative estimate of drug-likeness (QED) is 0.759. The zero-order valence-corrected chi connectivity index (χ0v) is 10.8. The maximum Gasteiger partial charge on any atom is 0.228 e. The van der Waals surface area contributed by atoms with Gasteiger partial charge in [0.2, 0.25) is 11.7 Å². The predicted octanol–water partition coefficient (Wildman–Crippen LogP) is 1.70. The van der Waals surface area contributed by atoms with Gasteiger partial charge in [-0.3, -0.25) is 4.98 Å². The second kappa shape index (κ2) is 5.66. The SMILES string of the molecule is NCCc1nc(COc2cccc3cccnc23)no1. The lowest BCUT2D eigenvalue weighted by atomic mass is 10.2. The van der Waals surface area contributed by atoms with Crippen LogP contribution in [0, 0.1) is 0 Å². The van der Waals surface area contributed by atoms with Gasteiger partial charge in [-0.1, -0.05) is 23.4 Å². The molecule has 2 N–H and O–H groups in total. The molecule has 0 saturated heterocycles. The number of pyridine rings is 1. The van der Waals surface area contributed by atoms with Crippen molar-refractivity contribution in [2.24, 2.45) is 5.73 Å². The summed E-state index contributed by atoms with van der Waals surface area (Å²) in [5, 5.41) is 4.87. The van der Waals surface area contributed by atoms with E-state index in [1.807, 2.05) is 30.3 Å². The summed E-state index contributed by atoms with van der Waals surface area (Å²) >= 11 is 0. The molecule has 0 spiro atoms. The van der Waals surface area contributed by atoms with Crippen LogP contribution in [0.1, 0.15) is 11.7 Å². The molecule has 3 rings (SSSR count). The highest BCUT2D eigenvalue weighted by Gasteiger charge is 2.08. The van der Waals surface area contributed by atoms with Gasteiger partial charge in [-0.15, -0.1) is 0 Å². The Bertz CT molecular complexity index is 706. The lowest BCUT2D eigenvalue weighted by molar-refractivity contribution is 0.288. The van der Waals surface area contributed by atoms with Crippen molar-refractivity contribution >= 4 is 10.9 Å². The van der Waals surface area contributed by atoms with Gasteiger partial charge in [0.1, 0.15) is 11.3 Å². The molecule has 6 nitrogen and oxygen atoms in total. The third kappa shape index (κ3) is 2.60. The molecule has 20 heavy (non-hydrogen) atoms. The van der Waals surface area contributed by atoms with Crippen LogP contribution in [0.4, 0.5) is 0 Å². The summed E-state index contributed by atoms with van der Waals surface area (Å²) < 4.78 is 10.8. The van der Waals surface area contributed by atoms with Crippen molar-refractivity contribution in [3.63, 3.8) is 0 Å². The van der Waals surface area contributed by atoms with Crippen molar-refractivity contribution < 1.29 is 9.26 Å². The number of aromatic nitrogens is 3. The van der Waals surface area contributed by atoms with E-state index in [0.717, 1.165) is 10.9 Å². The summed E-state index contributed by atoms with van der Waals surface area (Å²) in [4.78, 5) is 8.51. The number of fused-ring (bicyclic) bond motifs is 1. The molecular weight excluding hydrogens is 256 g/mol. The van der Waals surface area contributed by atoms with Gasteiger partial charge in [0.05, 0.1) is 0 Å². The smallest absolute Gasteiger partial charge is 0.228 e. The topological polar surface area (TPSA) is 87.1 Å². The van der Waals surface area contributed by atoms with Crippen LogP contribution < -0.4 is 10.5 Å². The summed E-state index contributed by atoms with van der Waals surface area (Å²) in [6.45, 7) is 0.722. The molecule has 0 saturated carbocycles. The van der Waals surface area contributed by atoms with Crippen LogP contribution in [-0.2, 0) is 13.0 Å². The molecule has 0 unspecified atom stereocenters. The Morgan fingerprint density at radius 2 is 2.10 bits per heavy atom. The van der Waals surface area contributed by atoms with Gasteiger partial charge < -0.3 is 15.0 Å². The van der Waals surface area contributed by atoms with E-state index < -0.39 is 0 Å². The molecule has 0 aliphatic heterocycles. The highest BCUT2D eigenvalue weighted by molar-refractivity contribution is 5.84. The molecule has 2 aromatic heterocycles. The highest BCUT2D eigenvalue weighted by atomic mass is 16.5. The largest absolute Gasteiger partial charge is 0.483 e. The van der Waals surface area contributed by atoms with Crippen molar-refractivity contribution in [1.29, 1.82) is 0 Å². The normalized spacial score (nSPS) is 10.8. The van der Waals surface area contributed by atoms with Crippen LogP contribution in [0.3, 0.4) is 0 Å². The van der Waals surface area contributed by atoms with Gasteiger partial charge in [-0.25, -0.2) is 0 Å². The van der Waals surface area contributed by atoms with E-state index in [1.54, 1.807) is 6.20 Å². The Morgan fingerprint density at radius 1 is 1.20 bits per heavy atom. The third-order valence-electron chi connectivity index (χ3n) is 2.82. The molecule has 2 heterocycles. The number of nitrogens with zero attached hydrogens (tertiary/aromatic N) is 3. The lowest BCUT2D eigenvalue weighted by Gasteiger charge is -2.06. The van der Waals surface area contributed by atoms with E-state index in [2.05, 4.69) is 15.1 Å². The van der Waals surface area contributed by atoms with Crippen LogP contribution in [0.2, 0.25) is 0 Å². The second-order valence-corrected chi connectivity index (χ2v) is 4.26. The molecule has 0 atom stereocenters. The molecular formula is C14H14N4O2. The summed E-state index contributed by atoms with van der Waals surface area (Å²) in [5.41, 5.74) is 6.25. The summed E-state index contributed by atoms with van der Waals surface area (Å²) in [7, 11) is 0. The summed E-state index contributed by atoms with van der Waals surface area (Å²) in [6.07, 6.45) is 2.31. The first-order chi connectivity index (χ1) is 9.86. The summed E-state index contributed by atoms with van der Waals surface area (Å²) in [5.74, 6) is 1.73. The van der Waals surface area contributed by atoms with E-state index in [1.165, 1.54) is 0 Å². The number of para-hydroxylation sites is 1. The number of nitrogens with two attached hydrogens (primary N) is 1. The van der Waals surface area contributed by atoms with Gasteiger partial charge in [0, 0.05) is 24.5 Å². The summed E-state index contributed by atoms with van der Waals surface area (Å²) in [6, 6.07) is 9.67. The highest BCUT2D eigenvalue weighted by Crippen LogP contribution is 2.23. The maximum atomic E-state index is 5.72. The molecule has 0 bridgehead atoms. The maximum absolute atomic E-state index is 5.72. The van der Waals surface area contributed by atoms with Gasteiger partial charge in [-0.2, -0.15) is 4.98 Å². The molecule has 0 fully saturated rings. The molecule has 1 aromatic carbocycles. The Morgan fingerprint density at radius 3 is 3.00 bits per heavy atom. The molecule has 6 heteroatoms. The van der Waals surface area contributed by atoms with Crippen LogP contribution in [0.5, 0.6) is 5.75 Å². The van der Waals surface area contributed by atoms with Crippen molar-refractivity contribution in [2.45, 2.75) is 13.0 Å². The van der Waals surface area contributed by atoms with Crippen molar-refractivity contribution in [1.82, 2.24) is 15.1 Å². The van der Waals surface area contributed by atoms with E-state index in [4.69, 9.17) is 15.0 Å².